The van der Waals surface area contributed by atoms with E-state index in [-0.39, 0.29) is 0 Å². The molecule has 0 saturated heterocycles. The van der Waals surface area contributed by atoms with E-state index in [1.807, 2.05) is 45.0 Å². The average Bonchev–Trinajstić information content (AvgIpc) is 2.19. The Balaban J connectivity index is 2.82. The molecule has 1 rings (SSSR count). The highest BCUT2D eigenvalue weighted by Gasteiger charge is 2.19. The molecule has 1 aromatic carbocycles. The van der Waals surface area contributed by atoms with Crippen molar-refractivity contribution in [1.82, 2.24) is 0 Å². The van der Waals surface area contributed by atoms with Gasteiger partial charge in [0.2, 0.25) is 0 Å². The number of aliphatic hydroxyl groups is 1. The molecule has 0 heterocycles. The zero-order chi connectivity index (χ0) is 10.6. The van der Waals surface area contributed by atoms with Crippen LogP contribution in [0.5, 0.6) is 5.75 Å². The van der Waals surface area contributed by atoms with Crippen LogP contribution < -0.4 is 4.74 Å². The topological polar surface area (TPSA) is 29.5 Å². The molecule has 0 aliphatic heterocycles. The van der Waals surface area contributed by atoms with E-state index in [1.54, 1.807) is 0 Å². The lowest BCUT2D eigenvalue weighted by Gasteiger charge is -2.21. The van der Waals surface area contributed by atoms with Crippen molar-refractivity contribution in [3.05, 3.63) is 29.8 Å². The van der Waals surface area contributed by atoms with E-state index >= 15 is 0 Å². The van der Waals surface area contributed by atoms with E-state index in [4.69, 9.17) is 4.74 Å². The van der Waals surface area contributed by atoms with Crippen molar-refractivity contribution < 1.29 is 9.84 Å². The first kappa shape index (κ1) is 11.1. The molecule has 0 unspecified atom stereocenters. The molecule has 14 heavy (non-hydrogen) atoms. The number of hydrogen-bond donors (Lipinski definition) is 1. The zero-order valence-corrected chi connectivity index (χ0v) is 9.08. The molecule has 1 atom stereocenters. The Labute approximate surface area is 85.5 Å². The molecule has 0 radical (unpaired) electrons. The Morgan fingerprint density at radius 1 is 1.21 bits per heavy atom. The predicted octanol–water partition coefficient (Wildman–Crippen LogP) is 2.70. The maximum Gasteiger partial charge on any atom is 0.119 e. The summed E-state index contributed by atoms with van der Waals surface area (Å²) in [7, 11) is 0. The van der Waals surface area contributed by atoms with Gasteiger partial charge >= 0.3 is 0 Å². The van der Waals surface area contributed by atoms with Gasteiger partial charge in [-0.3, -0.25) is 0 Å². The largest absolute Gasteiger partial charge is 0.494 e. The summed E-state index contributed by atoms with van der Waals surface area (Å²) in [5.74, 6) is 0.850. The van der Waals surface area contributed by atoms with E-state index in [2.05, 4.69) is 0 Å². The molecule has 2 heteroatoms. The lowest BCUT2D eigenvalue weighted by molar-refractivity contribution is 0.0530. The summed E-state index contributed by atoms with van der Waals surface area (Å²) >= 11 is 0. The van der Waals surface area contributed by atoms with Gasteiger partial charge in [-0.2, -0.15) is 0 Å². The molecule has 0 aromatic heterocycles. The van der Waals surface area contributed by atoms with E-state index < -0.39 is 5.60 Å². The summed E-state index contributed by atoms with van der Waals surface area (Å²) in [5, 5.41) is 9.97. The van der Waals surface area contributed by atoms with Crippen LogP contribution in [-0.4, -0.2) is 11.7 Å². The van der Waals surface area contributed by atoms with Crippen molar-refractivity contribution in [2.24, 2.45) is 0 Å². The van der Waals surface area contributed by atoms with Crippen molar-refractivity contribution in [2.45, 2.75) is 32.8 Å². The second kappa shape index (κ2) is 4.47. The Morgan fingerprint density at radius 2 is 1.79 bits per heavy atom. The zero-order valence-electron chi connectivity index (χ0n) is 9.08. The summed E-state index contributed by atoms with van der Waals surface area (Å²) < 4.78 is 5.33. The van der Waals surface area contributed by atoms with Crippen LogP contribution >= 0.6 is 0 Å². The lowest BCUT2D eigenvalue weighted by Crippen LogP contribution is -2.19. The predicted molar refractivity (Wildman–Crippen MR) is 57.5 cm³/mol. The Morgan fingerprint density at radius 3 is 2.21 bits per heavy atom. The SMILES string of the molecule is CCOc1ccc([C@](C)(O)CC)cc1. The van der Waals surface area contributed by atoms with Crippen LogP contribution in [0.25, 0.3) is 0 Å². The van der Waals surface area contributed by atoms with Gasteiger partial charge in [0.05, 0.1) is 12.2 Å². The second-order valence-corrected chi connectivity index (χ2v) is 3.58. The van der Waals surface area contributed by atoms with E-state index in [1.165, 1.54) is 0 Å². The van der Waals surface area contributed by atoms with Gasteiger partial charge in [-0.05, 0) is 38.0 Å². The first-order valence-corrected chi connectivity index (χ1v) is 5.06. The van der Waals surface area contributed by atoms with Crippen LogP contribution in [0, 0.1) is 0 Å². The lowest BCUT2D eigenvalue weighted by atomic mass is 9.93. The summed E-state index contributed by atoms with van der Waals surface area (Å²) in [6, 6.07) is 7.61. The molecule has 1 N–H and O–H groups in total. The fourth-order valence-corrected chi connectivity index (χ4v) is 1.28. The first-order chi connectivity index (χ1) is 6.60. The number of rotatable bonds is 4. The highest BCUT2D eigenvalue weighted by Crippen LogP contribution is 2.25. The van der Waals surface area contributed by atoms with Crippen LogP contribution in [0.1, 0.15) is 32.8 Å². The van der Waals surface area contributed by atoms with Gasteiger partial charge in [-0.15, -0.1) is 0 Å². The third-order valence-corrected chi connectivity index (χ3v) is 2.48. The molecule has 1 aromatic rings. The molecular formula is C12H18O2. The van der Waals surface area contributed by atoms with Crippen LogP contribution in [0.4, 0.5) is 0 Å². The van der Waals surface area contributed by atoms with Crippen LogP contribution in [0.3, 0.4) is 0 Å². The Kier molecular flexibility index (Phi) is 3.53. The highest BCUT2D eigenvalue weighted by molar-refractivity contribution is 5.30. The molecule has 0 saturated carbocycles. The number of ether oxygens (including phenoxy) is 1. The van der Waals surface area contributed by atoms with Crippen LogP contribution in [0.2, 0.25) is 0 Å². The van der Waals surface area contributed by atoms with E-state index in [0.717, 1.165) is 11.3 Å². The summed E-state index contributed by atoms with van der Waals surface area (Å²) in [6.07, 6.45) is 0.709. The molecule has 78 valence electrons. The summed E-state index contributed by atoms with van der Waals surface area (Å²) in [4.78, 5) is 0. The number of benzene rings is 1. The minimum Gasteiger partial charge on any atom is -0.494 e. The third-order valence-electron chi connectivity index (χ3n) is 2.48. The van der Waals surface area contributed by atoms with Gasteiger partial charge in [0.1, 0.15) is 5.75 Å². The Bertz CT molecular complexity index is 275. The van der Waals surface area contributed by atoms with Gasteiger partial charge in [0.15, 0.2) is 0 Å². The van der Waals surface area contributed by atoms with Crippen molar-refractivity contribution in [1.29, 1.82) is 0 Å². The molecule has 0 fully saturated rings. The summed E-state index contributed by atoms with van der Waals surface area (Å²) in [5.41, 5.74) is 0.202. The standard InChI is InChI=1S/C12H18O2/c1-4-12(3,13)10-6-8-11(9-7-10)14-5-2/h6-9,13H,4-5H2,1-3H3/t12-/m1/s1. The molecule has 0 spiro atoms. The van der Waals surface area contributed by atoms with Crippen LogP contribution in [0.15, 0.2) is 24.3 Å². The van der Waals surface area contributed by atoms with Crippen LogP contribution in [-0.2, 0) is 5.60 Å². The molecule has 0 amide bonds. The molecule has 0 bridgehead atoms. The van der Waals surface area contributed by atoms with Gasteiger partial charge in [0, 0.05) is 0 Å². The molecule has 2 nitrogen and oxygen atoms in total. The molecule has 0 aliphatic carbocycles. The van der Waals surface area contributed by atoms with Gasteiger partial charge in [-0.1, -0.05) is 19.1 Å². The van der Waals surface area contributed by atoms with E-state index in [9.17, 15) is 5.11 Å². The van der Waals surface area contributed by atoms with Crippen molar-refractivity contribution >= 4 is 0 Å². The third kappa shape index (κ3) is 2.48. The minimum atomic E-state index is -0.731. The van der Waals surface area contributed by atoms with E-state index in [0.29, 0.717) is 13.0 Å². The normalized spacial score (nSPS) is 14.9. The van der Waals surface area contributed by atoms with Gasteiger partial charge < -0.3 is 9.84 Å². The van der Waals surface area contributed by atoms with Gasteiger partial charge in [0.25, 0.3) is 0 Å². The minimum absolute atomic E-state index is 0.670. The fraction of sp³-hybridized carbons (Fsp3) is 0.500. The average molecular weight is 194 g/mol. The monoisotopic (exact) mass is 194 g/mol. The first-order valence-electron chi connectivity index (χ1n) is 5.06. The molecule has 0 aliphatic rings. The molecular weight excluding hydrogens is 176 g/mol. The Hall–Kier alpha value is -1.02. The second-order valence-electron chi connectivity index (χ2n) is 3.58. The fourth-order valence-electron chi connectivity index (χ4n) is 1.28. The highest BCUT2D eigenvalue weighted by atomic mass is 16.5. The van der Waals surface area contributed by atoms with Crippen molar-refractivity contribution in [2.75, 3.05) is 6.61 Å². The smallest absolute Gasteiger partial charge is 0.119 e. The maximum absolute atomic E-state index is 9.97. The number of hydrogen-bond acceptors (Lipinski definition) is 2. The van der Waals surface area contributed by atoms with Gasteiger partial charge in [-0.25, -0.2) is 0 Å². The van der Waals surface area contributed by atoms with Crippen molar-refractivity contribution in [3.8, 4) is 5.75 Å². The summed E-state index contributed by atoms with van der Waals surface area (Å²) in [6.45, 7) is 6.42. The maximum atomic E-state index is 9.97. The quantitative estimate of drug-likeness (QED) is 0.798. The van der Waals surface area contributed by atoms with Crippen molar-refractivity contribution in [3.63, 3.8) is 0 Å².